The highest BCUT2D eigenvalue weighted by Gasteiger charge is 2.37. The molecule has 1 saturated heterocycles. The van der Waals surface area contributed by atoms with E-state index in [9.17, 15) is 9.90 Å². The third-order valence-electron chi connectivity index (χ3n) is 6.46. The minimum absolute atomic E-state index is 0.197. The van der Waals surface area contributed by atoms with Gasteiger partial charge in [0, 0.05) is 26.3 Å². The highest BCUT2D eigenvalue weighted by atomic mass is 16.5. The molecule has 1 fully saturated rings. The van der Waals surface area contributed by atoms with Gasteiger partial charge in [-0.3, -0.25) is 9.69 Å². The zero-order valence-corrected chi connectivity index (χ0v) is 20.7. The van der Waals surface area contributed by atoms with Crippen LogP contribution in [-0.2, 0) is 11.4 Å². The number of carbonyl (C=O) groups is 1. The molecule has 3 aromatic rings. The number of carboxylic acids is 1. The average Bonchev–Trinajstić information content (AvgIpc) is 3.35. The van der Waals surface area contributed by atoms with Crippen molar-refractivity contribution in [3.8, 4) is 11.5 Å². The molecule has 3 aromatic carbocycles. The Morgan fingerprint density at radius 2 is 1.71 bits per heavy atom. The number of rotatable bonds is 10. The van der Waals surface area contributed by atoms with Gasteiger partial charge in [-0.1, -0.05) is 48.5 Å². The predicted octanol–water partition coefficient (Wildman–Crippen LogP) is 5.37. The summed E-state index contributed by atoms with van der Waals surface area (Å²) < 4.78 is 12.1. The summed E-state index contributed by atoms with van der Waals surface area (Å²) in [6.07, 6.45) is 1.51. The van der Waals surface area contributed by atoms with Crippen LogP contribution in [0.4, 0.5) is 5.69 Å². The number of carboxylic acid groups (broad SMARTS) is 1. The second-order valence-corrected chi connectivity index (χ2v) is 9.04. The van der Waals surface area contributed by atoms with Gasteiger partial charge in [0.1, 0.15) is 12.6 Å². The molecule has 0 saturated carbocycles. The van der Waals surface area contributed by atoms with E-state index in [2.05, 4.69) is 34.1 Å². The smallest absolute Gasteiger partial charge is 0.320 e. The van der Waals surface area contributed by atoms with E-state index in [0.717, 1.165) is 35.3 Å². The molecule has 2 atom stereocenters. The van der Waals surface area contributed by atoms with E-state index < -0.39 is 12.0 Å². The largest absolute Gasteiger partial charge is 0.490 e. The van der Waals surface area contributed by atoms with Gasteiger partial charge in [-0.2, -0.15) is 0 Å². The van der Waals surface area contributed by atoms with Gasteiger partial charge in [0.2, 0.25) is 0 Å². The van der Waals surface area contributed by atoms with Gasteiger partial charge >= 0.3 is 5.97 Å². The van der Waals surface area contributed by atoms with Crippen LogP contribution in [0.25, 0.3) is 0 Å². The maximum Gasteiger partial charge on any atom is 0.320 e. The Balaban J connectivity index is 1.70. The van der Waals surface area contributed by atoms with Crippen molar-refractivity contribution in [1.82, 2.24) is 4.90 Å². The third-order valence-corrected chi connectivity index (χ3v) is 6.46. The van der Waals surface area contributed by atoms with Gasteiger partial charge in [-0.05, 0) is 60.7 Å². The molecule has 0 bridgehead atoms. The first-order valence-corrected chi connectivity index (χ1v) is 12.2. The second-order valence-electron chi connectivity index (χ2n) is 9.04. The standard InChI is InChI=1S/C29H34N2O4/c1-4-34-27-19-23(14-17-26(27)35-20-21-9-6-5-7-10-21)28(31-18-8-11-25(31)29(32)33)22-12-15-24(16-13-22)30(2)3/h5-7,9-10,12-17,19,25,28H,4,8,11,18,20H2,1-3H3,(H,32,33). The van der Waals surface area contributed by atoms with Crippen LogP contribution >= 0.6 is 0 Å². The van der Waals surface area contributed by atoms with Crippen LogP contribution in [-0.4, -0.2) is 49.3 Å². The number of hydrogen-bond acceptors (Lipinski definition) is 5. The first-order chi connectivity index (χ1) is 17.0. The topological polar surface area (TPSA) is 62.2 Å². The van der Waals surface area contributed by atoms with Crippen LogP contribution in [0, 0.1) is 0 Å². The summed E-state index contributed by atoms with van der Waals surface area (Å²) in [7, 11) is 4.02. The van der Waals surface area contributed by atoms with E-state index in [1.165, 1.54) is 0 Å². The number of likely N-dealkylation sites (tertiary alicyclic amines) is 1. The summed E-state index contributed by atoms with van der Waals surface area (Å²) in [6.45, 7) is 3.64. The molecule has 6 heteroatoms. The number of anilines is 1. The lowest BCUT2D eigenvalue weighted by Crippen LogP contribution is -2.39. The predicted molar refractivity (Wildman–Crippen MR) is 138 cm³/mol. The van der Waals surface area contributed by atoms with Crippen molar-refractivity contribution >= 4 is 11.7 Å². The van der Waals surface area contributed by atoms with Gasteiger partial charge in [-0.25, -0.2) is 0 Å². The summed E-state index contributed by atoms with van der Waals surface area (Å²) in [4.78, 5) is 16.2. The van der Waals surface area contributed by atoms with Crippen molar-refractivity contribution in [3.63, 3.8) is 0 Å². The first kappa shape index (κ1) is 24.6. The second kappa shape index (κ2) is 11.3. The molecular formula is C29H34N2O4. The molecular weight excluding hydrogens is 440 g/mol. The lowest BCUT2D eigenvalue weighted by Gasteiger charge is -2.32. The van der Waals surface area contributed by atoms with Crippen molar-refractivity contribution in [1.29, 1.82) is 0 Å². The summed E-state index contributed by atoms with van der Waals surface area (Å²) in [5, 5.41) is 9.91. The van der Waals surface area contributed by atoms with Crippen molar-refractivity contribution < 1.29 is 19.4 Å². The Labute approximate surface area is 207 Å². The fourth-order valence-electron chi connectivity index (χ4n) is 4.71. The van der Waals surface area contributed by atoms with Crippen LogP contribution in [0.5, 0.6) is 11.5 Å². The Morgan fingerprint density at radius 1 is 1.00 bits per heavy atom. The maximum atomic E-state index is 12.1. The van der Waals surface area contributed by atoms with Crippen LogP contribution in [0.2, 0.25) is 0 Å². The van der Waals surface area contributed by atoms with E-state index in [1.807, 2.05) is 69.6 Å². The van der Waals surface area contributed by atoms with Crippen molar-refractivity contribution in [2.75, 3.05) is 32.1 Å². The third kappa shape index (κ3) is 5.77. The number of hydrogen-bond donors (Lipinski definition) is 1. The lowest BCUT2D eigenvalue weighted by atomic mass is 9.95. The summed E-state index contributed by atoms with van der Waals surface area (Å²) in [5.74, 6) is 0.574. The fourth-order valence-corrected chi connectivity index (χ4v) is 4.71. The van der Waals surface area contributed by atoms with Crippen LogP contribution in [0.1, 0.15) is 42.5 Å². The van der Waals surface area contributed by atoms with Gasteiger partial charge in [-0.15, -0.1) is 0 Å². The minimum atomic E-state index is -0.773. The zero-order valence-electron chi connectivity index (χ0n) is 20.7. The molecule has 184 valence electrons. The number of ether oxygens (including phenoxy) is 2. The van der Waals surface area contributed by atoms with E-state index in [4.69, 9.17) is 9.47 Å². The summed E-state index contributed by atoms with van der Waals surface area (Å²) in [6, 6.07) is 23.6. The summed E-state index contributed by atoms with van der Waals surface area (Å²) in [5.41, 5.74) is 4.23. The molecule has 4 rings (SSSR count). The van der Waals surface area contributed by atoms with E-state index in [0.29, 0.717) is 31.1 Å². The molecule has 0 amide bonds. The number of benzene rings is 3. The van der Waals surface area contributed by atoms with Crippen LogP contribution < -0.4 is 14.4 Å². The molecule has 6 nitrogen and oxygen atoms in total. The molecule has 1 heterocycles. The van der Waals surface area contributed by atoms with Crippen LogP contribution in [0.15, 0.2) is 72.8 Å². The minimum Gasteiger partial charge on any atom is -0.490 e. The molecule has 1 aliphatic heterocycles. The van der Waals surface area contributed by atoms with E-state index >= 15 is 0 Å². The molecule has 0 aromatic heterocycles. The number of nitrogens with zero attached hydrogens (tertiary/aromatic N) is 2. The van der Waals surface area contributed by atoms with Gasteiger partial charge in [0.05, 0.1) is 12.6 Å². The van der Waals surface area contributed by atoms with Gasteiger partial charge < -0.3 is 19.5 Å². The monoisotopic (exact) mass is 474 g/mol. The van der Waals surface area contributed by atoms with E-state index in [1.54, 1.807) is 0 Å². The quantitative estimate of drug-likeness (QED) is 0.426. The lowest BCUT2D eigenvalue weighted by molar-refractivity contribution is -0.142. The average molecular weight is 475 g/mol. The SMILES string of the molecule is CCOc1cc(C(c2ccc(N(C)C)cc2)N2CCCC2C(=O)O)ccc1OCc1ccccc1. The maximum absolute atomic E-state index is 12.1. The van der Waals surface area contributed by atoms with E-state index in [-0.39, 0.29) is 6.04 Å². The fraction of sp³-hybridized carbons (Fsp3) is 0.345. The van der Waals surface area contributed by atoms with Crippen LogP contribution in [0.3, 0.4) is 0 Å². The van der Waals surface area contributed by atoms with Crippen molar-refractivity contribution in [2.45, 2.75) is 38.5 Å². The summed E-state index contributed by atoms with van der Waals surface area (Å²) >= 11 is 0. The van der Waals surface area contributed by atoms with Gasteiger partial charge in [0.25, 0.3) is 0 Å². The Bertz CT molecular complexity index is 1120. The molecule has 35 heavy (non-hydrogen) atoms. The highest BCUT2D eigenvalue weighted by molar-refractivity contribution is 5.74. The van der Waals surface area contributed by atoms with Crippen molar-refractivity contribution in [2.24, 2.45) is 0 Å². The van der Waals surface area contributed by atoms with Crippen molar-refractivity contribution in [3.05, 3.63) is 89.5 Å². The Morgan fingerprint density at radius 3 is 2.37 bits per heavy atom. The number of aliphatic carboxylic acids is 1. The molecule has 1 aliphatic rings. The normalized spacial score (nSPS) is 16.6. The van der Waals surface area contributed by atoms with Gasteiger partial charge in [0.15, 0.2) is 11.5 Å². The first-order valence-electron chi connectivity index (χ1n) is 12.2. The highest BCUT2D eigenvalue weighted by Crippen LogP contribution is 2.39. The Kier molecular flexibility index (Phi) is 7.93. The molecule has 0 radical (unpaired) electrons. The molecule has 1 N–H and O–H groups in total. The Hall–Kier alpha value is -3.51. The molecule has 2 unspecified atom stereocenters. The molecule has 0 spiro atoms. The molecule has 0 aliphatic carbocycles. The zero-order chi connectivity index (χ0) is 24.8.